The van der Waals surface area contributed by atoms with E-state index in [9.17, 15) is 14.4 Å². The van der Waals surface area contributed by atoms with Crippen molar-refractivity contribution in [2.24, 2.45) is 0 Å². The molecule has 7 nitrogen and oxygen atoms in total. The van der Waals surface area contributed by atoms with Crippen LogP contribution in [-0.4, -0.2) is 28.5 Å². The highest BCUT2D eigenvalue weighted by Gasteiger charge is 2.16. The second-order valence-corrected chi connectivity index (χ2v) is 12.0. The average molecular weight is 660 g/mol. The number of halogens is 2. The molecule has 5 aromatic rings. The van der Waals surface area contributed by atoms with E-state index in [-0.39, 0.29) is 17.4 Å². The Morgan fingerprint density at radius 2 is 1.55 bits per heavy atom. The number of nitrogens with one attached hydrogen (secondary N) is 3. The number of amides is 3. The van der Waals surface area contributed by atoms with Gasteiger partial charge in [-0.05, 0) is 66.2 Å². The van der Waals surface area contributed by atoms with Gasteiger partial charge in [-0.1, -0.05) is 71.7 Å². The Bertz CT molecular complexity index is 1810. The van der Waals surface area contributed by atoms with Crippen LogP contribution < -0.4 is 16.0 Å². The highest BCUT2D eigenvalue weighted by Crippen LogP contribution is 2.32. The van der Waals surface area contributed by atoms with E-state index in [0.29, 0.717) is 32.1 Å². The molecule has 0 aliphatic rings. The second-order valence-electron chi connectivity index (χ2n) is 9.27. The van der Waals surface area contributed by atoms with Crippen LogP contribution in [0.15, 0.2) is 119 Å². The molecule has 0 atom stereocenters. The molecule has 5 rings (SSSR count). The zero-order valence-corrected chi connectivity index (χ0v) is 26.1. The summed E-state index contributed by atoms with van der Waals surface area (Å²) in [7, 11) is 0. The fourth-order valence-electron chi connectivity index (χ4n) is 3.95. The predicted octanol–water partition coefficient (Wildman–Crippen LogP) is 8.26. The standard InChI is InChI=1S/C33H24Cl2N4O3S2/c34-23-11-16-26(27(35)18-23)29-19-44-33(38-29)39-30(40)20-43-25-14-12-24(13-15-25)36-32(42)28(17-21-7-3-1-4-8-21)37-31(41)22-9-5-2-6-10-22/h1-19H,20H2,(H,36,42)(H,37,41)(H,38,39,40)/b28-17-. The molecule has 4 aromatic carbocycles. The lowest BCUT2D eigenvalue weighted by Crippen LogP contribution is -2.30. The van der Waals surface area contributed by atoms with E-state index in [1.54, 1.807) is 72.8 Å². The number of carbonyl (C=O) groups is 3. The van der Waals surface area contributed by atoms with Crippen molar-refractivity contribution in [1.82, 2.24) is 10.3 Å². The molecule has 0 aliphatic carbocycles. The van der Waals surface area contributed by atoms with Crippen LogP contribution in [0.25, 0.3) is 17.3 Å². The number of thioether (sulfide) groups is 1. The summed E-state index contributed by atoms with van der Waals surface area (Å²) in [5.41, 5.74) is 3.22. The molecule has 1 aromatic heterocycles. The van der Waals surface area contributed by atoms with Crippen LogP contribution in [-0.2, 0) is 9.59 Å². The van der Waals surface area contributed by atoms with Crippen molar-refractivity contribution in [3.05, 3.63) is 135 Å². The van der Waals surface area contributed by atoms with Gasteiger partial charge >= 0.3 is 0 Å². The third kappa shape index (κ3) is 8.58. The van der Waals surface area contributed by atoms with Gasteiger partial charge in [0.15, 0.2) is 5.13 Å². The van der Waals surface area contributed by atoms with Crippen molar-refractivity contribution < 1.29 is 14.4 Å². The van der Waals surface area contributed by atoms with Crippen LogP contribution in [0, 0.1) is 0 Å². The summed E-state index contributed by atoms with van der Waals surface area (Å²) >= 11 is 14.9. The van der Waals surface area contributed by atoms with Crippen LogP contribution in [0.1, 0.15) is 15.9 Å². The van der Waals surface area contributed by atoms with Crippen LogP contribution >= 0.6 is 46.3 Å². The van der Waals surface area contributed by atoms with Crippen LogP contribution in [0.3, 0.4) is 0 Å². The van der Waals surface area contributed by atoms with Gasteiger partial charge in [0.2, 0.25) is 5.91 Å². The minimum atomic E-state index is -0.472. The van der Waals surface area contributed by atoms with Gasteiger partial charge in [-0.2, -0.15) is 0 Å². The van der Waals surface area contributed by atoms with Crippen molar-refractivity contribution in [2.75, 3.05) is 16.4 Å². The third-order valence-electron chi connectivity index (χ3n) is 6.08. The van der Waals surface area contributed by atoms with Crippen molar-refractivity contribution in [3.63, 3.8) is 0 Å². The minimum absolute atomic E-state index is 0.101. The lowest BCUT2D eigenvalue weighted by molar-refractivity contribution is -0.114. The number of rotatable bonds is 10. The molecule has 1 heterocycles. The van der Waals surface area contributed by atoms with Gasteiger partial charge in [0.05, 0.1) is 16.5 Å². The molecule has 11 heteroatoms. The fraction of sp³-hybridized carbons (Fsp3) is 0.0303. The molecule has 220 valence electrons. The maximum Gasteiger partial charge on any atom is 0.272 e. The van der Waals surface area contributed by atoms with Crippen molar-refractivity contribution in [1.29, 1.82) is 0 Å². The van der Waals surface area contributed by atoms with Crippen LogP contribution in [0.5, 0.6) is 0 Å². The Labute approximate surface area is 272 Å². The topological polar surface area (TPSA) is 100 Å². The zero-order valence-electron chi connectivity index (χ0n) is 22.9. The van der Waals surface area contributed by atoms with Crippen LogP contribution in [0.2, 0.25) is 10.0 Å². The molecule has 0 saturated heterocycles. The summed E-state index contributed by atoms with van der Waals surface area (Å²) in [6, 6.07) is 30.2. The normalized spacial score (nSPS) is 11.1. The molecule has 0 saturated carbocycles. The van der Waals surface area contributed by atoms with E-state index in [2.05, 4.69) is 20.9 Å². The second kappa shape index (κ2) is 14.9. The van der Waals surface area contributed by atoms with Gasteiger partial charge in [-0.15, -0.1) is 23.1 Å². The molecule has 0 radical (unpaired) electrons. The molecule has 0 fully saturated rings. The third-order valence-corrected chi connectivity index (χ3v) is 8.40. The molecule has 0 aliphatic heterocycles. The smallest absolute Gasteiger partial charge is 0.272 e. The first kappa shape index (κ1) is 31.0. The zero-order chi connectivity index (χ0) is 30.9. The van der Waals surface area contributed by atoms with Crippen molar-refractivity contribution in [2.45, 2.75) is 4.90 Å². The maximum atomic E-state index is 13.2. The first-order valence-electron chi connectivity index (χ1n) is 13.2. The van der Waals surface area contributed by atoms with E-state index >= 15 is 0 Å². The van der Waals surface area contributed by atoms with Gasteiger partial charge in [0, 0.05) is 32.1 Å². The van der Waals surface area contributed by atoms with E-state index in [1.165, 1.54) is 23.1 Å². The Kier molecular flexibility index (Phi) is 10.5. The van der Waals surface area contributed by atoms with Gasteiger partial charge in [-0.25, -0.2) is 4.98 Å². The summed E-state index contributed by atoms with van der Waals surface area (Å²) in [6.45, 7) is 0. The molecule has 44 heavy (non-hydrogen) atoms. The van der Waals surface area contributed by atoms with Gasteiger partial charge in [-0.3, -0.25) is 14.4 Å². The maximum absolute atomic E-state index is 13.2. The Morgan fingerprint density at radius 1 is 0.841 bits per heavy atom. The predicted molar refractivity (Wildman–Crippen MR) is 180 cm³/mol. The monoisotopic (exact) mass is 658 g/mol. The number of thiazole rings is 1. The number of hydrogen-bond donors (Lipinski definition) is 3. The molecule has 0 unspecified atom stereocenters. The number of hydrogen-bond acceptors (Lipinski definition) is 6. The average Bonchev–Trinajstić information content (AvgIpc) is 3.49. The van der Waals surface area contributed by atoms with E-state index in [1.807, 2.05) is 41.8 Å². The van der Waals surface area contributed by atoms with E-state index in [4.69, 9.17) is 23.2 Å². The largest absolute Gasteiger partial charge is 0.321 e. The highest BCUT2D eigenvalue weighted by molar-refractivity contribution is 8.00. The highest BCUT2D eigenvalue weighted by atomic mass is 35.5. The molecule has 0 bridgehead atoms. The number of aromatic nitrogens is 1. The van der Waals surface area contributed by atoms with Gasteiger partial charge in [0.25, 0.3) is 11.8 Å². The molecular formula is C33H24Cl2N4O3S2. The molecule has 0 spiro atoms. The molecule has 3 N–H and O–H groups in total. The minimum Gasteiger partial charge on any atom is -0.321 e. The number of benzene rings is 4. The number of anilines is 2. The summed E-state index contributed by atoms with van der Waals surface area (Å²) in [4.78, 5) is 43.9. The fourth-order valence-corrected chi connectivity index (χ4v) is 5.88. The Hall–Kier alpha value is -4.41. The van der Waals surface area contributed by atoms with Gasteiger partial charge < -0.3 is 16.0 Å². The van der Waals surface area contributed by atoms with Crippen molar-refractivity contribution in [3.8, 4) is 11.3 Å². The SMILES string of the molecule is O=C(CSc1ccc(NC(=O)/C(=C/c2ccccc2)NC(=O)c2ccccc2)cc1)Nc1nc(-c2ccc(Cl)cc2Cl)cs1. The van der Waals surface area contributed by atoms with Gasteiger partial charge in [0.1, 0.15) is 5.70 Å². The quantitative estimate of drug-likeness (QED) is 0.104. The first-order valence-corrected chi connectivity index (χ1v) is 15.8. The van der Waals surface area contributed by atoms with E-state index < -0.39 is 11.8 Å². The lowest BCUT2D eigenvalue weighted by Gasteiger charge is -2.12. The summed E-state index contributed by atoms with van der Waals surface area (Å²) in [5.74, 6) is -0.908. The number of nitrogens with zero attached hydrogens (tertiary/aromatic N) is 1. The van der Waals surface area contributed by atoms with E-state index in [0.717, 1.165) is 16.0 Å². The summed E-state index contributed by atoms with van der Waals surface area (Å²) in [5, 5.41) is 11.7. The summed E-state index contributed by atoms with van der Waals surface area (Å²) in [6.07, 6.45) is 1.62. The first-order chi connectivity index (χ1) is 21.3. The Morgan fingerprint density at radius 3 is 2.25 bits per heavy atom. The Balaban J connectivity index is 1.17. The summed E-state index contributed by atoms with van der Waals surface area (Å²) < 4.78 is 0. The lowest BCUT2D eigenvalue weighted by atomic mass is 10.1. The molecule has 3 amide bonds. The van der Waals surface area contributed by atoms with Crippen LogP contribution in [0.4, 0.5) is 10.8 Å². The van der Waals surface area contributed by atoms with Crippen molar-refractivity contribution >= 4 is 80.9 Å². The molecular weight excluding hydrogens is 635 g/mol. The number of carbonyl (C=O) groups excluding carboxylic acids is 3.